The van der Waals surface area contributed by atoms with Crippen LogP contribution in [0.2, 0.25) is 0 Å². The van der Waals surface area contributed by atoms with E-state index in [0.717, 1.165) is 10.8 Å². The van der Waals surface area contributed by atoms with Crippen LogP contribution in [0.5, 0.6) is 11.5 Å². The topological polar surface area (TPSA) is 105 Å². The van der Waals surface area contributed by atoms with Gasteiger partial charge in [0, 0.05) is 23.6 Å². The first-order valence-corrected chi connectivity index (χ1v) is 9.32. The molecule has 1 unspecified atom stereocenters. The third-order valence-corrected chi connectivity index (χ3v) is 4.80. The number of para-hydroxylation sites is 1. The quantitative estimate of drug-likeness (QED) is 0.323. The lowest BCUT2D eigenvalue weighted by Gasteiger charge is -2.15. The highest BCUT2D eigenvalue weighted by atomic mass is 16.3. The summed E-state index contributed by atoms with van der Waals surface area (Å²) in [6.07, 6.45) is 6.78. The van der Waals surface area contributed by atoms with Gasteiger partial charge >= 0.3 is 0 Å². The summed E-state index contributed by atoms with van der Waals surface area (Å²) in [5.41, 5.74) is 2.16. The number of phenols is 2. The number of anilines is 1. The largest absolute Gasteiger partial charge is 0.509 e. The van der Waals surface area contributed by atoms with E-state index in [1.807, 2.05) is 36.4 Å². The number of fused-ring (bicyclic) bond motifs is 1. The van der Waals surface area contributed by atoms with Gasteiger partial charge in [0.1, 0.15) is 11.9 Å². The third-order valence-electron chi connectivity index (χ3n) is 4.80. The summed E-state index contributed by atoms with van der Waals surface area (Å²) >= 11 is 0. The summed E-state index contributed by atoms with van der Waals surface area (Å²) in [6.45, 7) is 0. The van der Waals surface area contributed by atoms with E-state index in [9.17, 15) is 20.4 Å². The molecule has 6 heteroatoms. The lowest BCUT2D eigenvalue weighted by Crippen LogP contribution is -2.15. The maximum atomic E-state index is 10.1. The number of allylic oxidation sites excluding steroid dienone is 2. The number of hydrogen-bond donors (Lipinski definition) is 5. The molecule has 0 bridgehead atoms. The maximum Gasteiger partial charge on any atom is 0.166 e. The summed E-state index contributed by atoms with van der Waals surface area (Å²) < 4.78 is 0. The number of nitrogens with one attached hydrogen (secondary N) is 1. The van der Waals surface area contributed by atoms with Gasteiger partial charge in [-0.2, -0.15) is 0 Å². The molecule has 4 rings (SSSR count). The van der Waals surface area contributed by atoms with Crippen molar-refractivity contribution in [1.82, 2.24) is 0 Å². The second-order valence-electron chi connectivity index (χ2n) is 6.83. The van der Waals surface area contributed by atoms with E-state index in [2.05, 4.69) is 10.3 Å². The van der Waals surface area contributed by atoms with Gasteiger partial charge in [0.05, 0.1) is 11.4 Å². The smallest absolute Gasteiger partial charge is 0.166 e. The number of benzene rings is 3. The number of nitrogens with zero attached hydrogens (tertiary/aromatic N) is 1. The Labute approximate surface area is 173 Å². The first kappa shape index (κ1) is 19.3. The van der Waals surface area contributed by atoms with Crippen molar-refractivity contribution in [2.45, 2.75) is 6.10 Å². The van der Waals surface area contributed by atoms with Gasteiger partial charge in [0.25, 0.3) is 0 Å². The second kappa shape index (κ2) is 8.14. The molecule has 6 nitrogen and oxygen atoms in total. The third kappa shape index (κ3) is 3.90. The molecule has 1 aliphatic rings. The van der Waals surface area contributed by atoms with Crippen molar-refractivity contribution in [3.05, 3.63) is 95.9 Å². The lowest BCUT2D eigenvalue weighted by atomic mass is 10.0. The van der Waals surface area contributed by atoms with Crippen LogP contribution >= 0.6 is 0 Å². The van der Waals surface area contributed by atoms with Crippen molar-refractivity contribution in [3.63, 3.8) is 0 Å². The average molecular weight is 400 g/mol. The molecule has 30 heavy (non-hydrogen) atoms. The van der Waals surface area contributed by atoms with Crippen LogP contribution in [0.1, 0.15) is 5.56 Å². The van der Waals surface area contributed by atoms with Gasteiger partial charge in [-0.15, -0.1) is 0 Å². The highest BCUT2D eigenvalue weighted by Crippen LogP contribution is 2.33. The average Bonchev–Trinajstić information content (AvgIpc) is 2.75. The lowest BCUT2D eigenvalue weighted by molar-refractivity contribution is 0.184. The fraction of sp³-hybridized carbons (Fsp3) is 0.0417. The van der Waals surface area contributed by atoms with E-state index in [0.29, 0.717) is 22.5 Å². The predicted molar refractivity (Wildman–Crippen MR) is 119 cm³/mol. The molecular weight excluding hydrogens is 380 g/mol. The second-order valence-corrected chi connectivity index (χ2v) is 6.83. The Morgan fingerprint density at radius 3 is 2.50 bits per heavy atom. The van der Waals surface area contributed by atoms with E-state index in [-0.39, 0.29) is 17.3 Å². The van der Waals surface area contributed by atoms with Crippen molar-refractivity contribution in [1.29, 1.82) is 0 Å². The number of rotatable bonds is 4. The summed E-state index contributed by atoms with van der Waals surface area (Å²) in [7, 11) is 0. The number of aliphatic imine (C=N–C) groups is 1. The zero-order valence-electron chi connectivity index (χ0n) is 15.9. The first-order chi connectivity index (χ1) is 14.5. The van der Waals surface area contributed by atoms with Crippen molar-refractivity contribution in [2.24, 2.45) is 4.99 Å². The van der Waals surface area contributed by atoms with Gasteiger partial charge in [-0.25, -0.2) is 0 Å². The number of aliphatic hydroxyl groups is 2. The highest BCUT2D eigenvalue weighted by molar-refractivity contribution is 5.94. The summed E-state index contributed by atoms with van der Waals surface area (Å²) in [5.74, 6) is -0.579. The van der Waals surface area contributed by atoms with E-state index in [1.165, 1.54) is 18.4 Å². The Balaban J connectivity index is 1.73. The SMILES string of the molecule is OC1=CC=C/C(=C/Nc2cc3ccccc3cc2N=Cc2cccc(O)c2O)C1O. The fourth-order valence-electron chi connectivity index (χ4n) is 3.14. The minimum atomic E-state index is -1.10. The fourth-order valence-corrected chi connectivity index (χ4v) is 3.14. The Bertz CT molecular complexity index is 1230. The molecule has 0 saturated carbocycles. The van der Waals surface area contributed by atoms with Crippen LogP contribution in [0.3, 0.4) is 0 Å². The summed E-state index contributed by atoms with van der Waals surface area (Å²) in [6, 6.07) is 16.3. The van der Waals surface area contributed by atoms with Gasteiger partial charge in [-0.05, 0) is 41.1 Å². The van der Waals surface area contributed by atoms with Crippen molar-refractivity contribution in [3.8, 4) is 11.5 Å². The van der Waals surface area contributed by atoms with Crippen LogP contribution in [0.25, 0.3) is 10.8 Å². The number of aromatic hydroxyl groups is 2. The van der Waals surface area contributed by atoms with Gasteiger partial charge in [-0.1, -0.05) is 42.5 Å². The molecule has 0 radical (unpaired) electrons. The maximum absolute atomic E-state index is 10.1. The molecule has 0 heterocycles. The molecule has 1 aliphatic carbocycles. The van der Waals surface area contributed by atoms with Gasteiger partial charge in [0.15, 0.2) is 11.5 Å². The molecular formula is C24H20N2O4. The van der Waals surface area contributed by atoms with E-state index >= 15 is 0 Å². The zero-order valence-corrected chi connectivity index (χ0v) is 15.9. The Kier molecular flexibility index (Phi) is 5.24. The van der Waals surface area contributed by atoms with Gasteiger partial charge in [0.2, 0.25) is 0 Å². The van der Waals surface area contributed by atoms with Crippen molar-refractivity contribution < 1.29 is 20.4 Å². The summed E-state index contributed by atoms with van der Waals surface area (Å²) in [5, 5.41) is 44.7. The number of phenolic OH excluding ortho intramolecular Hbond substituents is 2. The van der Waals surface area contributed by atoms with E-state index in [4.69, 9.17) is 0 Å². The number of hydrogen-bond acceptors (Lipinski definition) is 6. The normalized spacial score (nSPS) is 17.6. The van der Waals surface area contributed by atoms with E-state index in [1.54, 1.807) is 30.5 Å². The van der Waals surface area contributed by atoms with Crippen LogP contribution in [-0.4, -0.2) is 32.7 Å². The predicted octanol–water partition coefficient (Wildman–Crippen LogP) is 4.67. The van der Waals surface area contributed by atoms with Gasteiger partial charge < -0.3 is 25.7 Å². The molecule has 0 aliphatic heterocycles. The standard InChI is InChI=1S/C24H20N2O4/c27-21-9-3-7-17(23(21)29)13-25-19-11-15-5-1-2-6-16(15)12-20(19)26-14-18-8-4-10-22(28)24(18)30/h1-14,23,25,27-30H/b17-13-,26-14?. The monoisotopic (exact) mass is 400 g/mol. The minimum Gasteiger partial charge on any atom is -0.509 e. The molecule has 0 saturated heterocycles. The van der Waals surface area contributed by atoms with Crippen LogP contribution < -0.4 is 5.32 Å². The molecule has 1 atom stereocenters. The Hall–Kier alpha value is -4.03. The molecule has 150 valence electrons. The molecule has 5 N–H and O–H groups in total. The van der Waals surface area contributed by atoms with Crippen LogP contribution in [0.4, 0.5) is 11.4 Å². The zero-order chi connectivity index (χ0) is 21.1. The van der Waals surface area contributed by atoms with Crippen molar-refractivity contribution in [2.75, 3.05) is 5.32 Å². The molecule has 0 spiro atoms. The van der Waals surface area contributed by atoms with E-state index < -0.39 is 6.10 Å². The van der Waals surface area contributed by atoms with Crippen molar-refractivity contribution >= 4 is 28.4 Å². The molecule has 3 aromatic rings. The van der Waals surface area contributed by atoms with Crippen LogP contribution in [0.15, 0.2) is 95.3 Å². The molecule has 0 amide bonds. The summed E-state index contributed by atoms with van der Waals surface area (Å²) in [4.78, 5) is 4.50. The Morgan fingerprint density at radius 2 is 1.70 bits per heavy atom. The van der Waals surface area contributed by atoms with Gasteiger partial charge in [-0.3, -0.25) is 4.99 Å². The molecule has 0 aromatic heterocycles. The first-order valence-electron chi connectivity index (χ1n) is 9.32. The molecule has 3 aromatic carbocycles. The number of aliphatic hydroxyl groups excluding tert-OH is 2. The van der Waals surface area contributed by atoms with Crippen LogP contribution in [0, 0.1) is 0 Å². The molecule has 0 fully saturated rings. The minimum absolute atomic E-state index is 0.123. The Morgan fingerprint density at radius 1 is 0.933 bits per heavy atom. The highest BCUT2D eigenvalue weighted by Gasteiger charge is 2.16. The van der Waals surface area contributed by atoms with Crippen LogP contribution in [-0.2, 0) is 0 Å².